The number of hydrogen-bond donors (Lipinski definition) is 2. The first-order valence-corrected chi connectivity index (χ1v) is 15.2. The van der Waals surface area contributed by atoms with E-state index in [1.165, 1.54) is 22.4 Å². The fraction of sp³-hybridized carbons (Fsp3) is 0.629. The molecule has 39 heavy (non-hydrogen) atoms. The third kappa shape index (κ3) is 5.63. The van der Waals surface area contributed by atoms with Gasteiger partial charge in [0.2, 0.25) is 0 Å². The van der Waals surface area contributed by atoms with Gasteiger partial charge in [-0.3, -0.25) is 4.79 Å². The number of piperidine rings is 1. The summed E-state index contributed by atoms with van der Waals surface area (Å²) < 4.78 is 0. The molecule has 1 aromatic carbocycles. The summed E-state index contributed by atoms with van der Waals surface area (Å²) in [5, 5.41) is 20.9. The van der Waals surface area contributed by atoms with Gasteiger partial charge in [-0.15, -0.1) is 12.3 Å². The van der Waals surface area contributed by atoms with Crippen LogP contribution >= 0.6 is 0 Å². The number of hydrogen-bond acceptors (Lipinski definition) is 4. The van der Waals surface area contributed by atoms with E-state index in [1.807, 2.05) is 26.8 Å². The zero-order valence-electron chi connectivity index (χ0n) is 24.4. The molecule has 5 aliphatic rings. The molecular weight excluding hydrogens is 482 g/mol. The summed E-state index contributed by atoms with van der Waals surface area (Å²) in [6.07, 6.45) is 15.0. The van der Waals surface area contributed by atoms with Gasteiger partial charge in [-0.2, -0.15) is 0 Å². The Morgan fingerprint density at radius 2 is 1.64 bits per heavy atom. The quantitative estimate of drug-likeness (QED) is 0.425. The number of allylic oxidation sites excluding steroid dienone is 4. The number of anilines is 1. The van der Waals surface area contributed by atoms with E-state index in [4.69, 9.17) is 6.42 Å². The molecule has 5 unspecified atom stereocenters. The summed E-state index contributed by atoms with van der Waals surface area (Å²) in [6.45, 7) is 10.2. The van der Waals surface area contributed by atoms with Gasteiger partial charge in [0.15, 0.2) is 5.78 Å². The first-order chi connectivity index (χ1) is 18.5. The van der Waals surface area contributed by atoms with Crippen LogP contribution in [0.1, 0.15) is 97.0 Å². The summed E-state index contributed by atoms with van der Waals surface area (Å²) in [5.74, 6) is 4.32. The minimum Gasteiger partial charge on any atom is -0.393 e. The summed E-state index contributed by atoms with van der Waals surface area (Å²) in [6, 6.07) is 9.15. The topological polar surface area (TPSA) is 60.8 Å². The lowest BCUT2D eigenvalue weighted by molar-refractivity contribution is -0.114. The van der Waals surface area contributed by atoms with Crippen molar-refractivity contribution in [3.63, 3.8) is 0 Å². The average Bonchev–Trinajstić information content (AvgIpc) is 3.22. The van der Waals surface area contributed by atoms with Crippen LogP contribution < -0.4 is 4.90 Å². The van der Waals surface area contributed by atoms with Gasteiger partial charge in [0.05, 0.1) is 12.2 Å². The maximum absolute atomic E-state index is 12.2. The van der Waals surface area contributed by atoms with Gasteiger partial charge in [-0.1, -0.05) is 24.6 Å². The van der Waals surface area contributed by atoms with E-state index in [9.17, 15) is 15.0 Å². The van der Waals surface area contributed by atoms with E-state index in [1.54, 1.807) is 5.57 Å². The zero-order chi connectivity index (χ0) is 27.9. The highest BCUT2D eigenvalue weighted by Gasteiger charge is 2.56. The summed E-state index contributed by atoms with van der Waals surface area (Å²) in [4.78, 5) is 14.5. The smallest absolute Gasteiger partial charge is 0.156 e. The summed E-state index contributed by atoms with van der Waals surface area (Å²) in [7, 11) is 0. The van der Waals surface area contributed by atoms with Crippen LogP contribution in [-0.4, -0.2) is 41.3 Å². The second kappa shape index (κ2) is 10.9. The molecule has 5 atom stereocenters. The molecule has 1 saturated heterocycles. The van der Waals surface area contributed by atoms with E-state index in [0.29, 0.717) is 24.2 Å². The predicted molar refractivity (Wildman–Crippen MR) is 158 cm³/mol. The molecule has 2 saturated carbocycles. The molecule has 0 bridgehead atoms. The second-order valence-electron chi connectivity index (χ2n) is 13.9. The van der Waals surface area contributed by atoms with Gasteiger partial charge < -0.3 is 15.1 Å². The van der Waals surface area contributed by atoms with E-state index in [0.717, 1.165) is 64.5 Å². The Balaban J connectivity index is 0.000000465. The number of benzene rings is 1. The molecule has 4 heteroatoms. The van der Waals surface area contributed by atoms with Crippen LogP contribution in [0.5, 0.6) is 0 Å². The molecule has 0 amide bonds. The first kappa shape index (κ1) is 28.2. The van der Waals surface area contributed by atoms with Crippen molar-refractivity contribution in [3.05, 3.63) is 52.6 Å². The average molecular weight is 530 g/mol. The first-order valence-electron chi connectivity index (χ1n) is 15.2. The number of fused-ring (bicyclic) bond motifs is 4. The van der Waals surface area contributed by atoms with Gasteiger partial charge in [0.25, 0.3) is 0 Å². The van der Waals surface area contributed by atoms with Gasteiger partial charge in [-0.25, -0.2) is 0 Å². The van der Waals surface area contributed by atoms with Crippen LogP contribution in [0, 0.1) is 35.0 Å². The maximum atomic E-state index is 12.2. The van der Waals surface area contributed by atoms with Crippen LogP contribution in [0.4, 0.5) is 5.69 Å². The third-order valence-electron chi connectivity index (χ3n) is 10.2. The standard InChI is InChI=1S/C29H37NO3.C6H10/c1-29-17-25(18-2-5-20(6-3-18)30-14-12-21(31)13-15-30)28-23-9-7-22(32)16-19(23)4-8-24(28)26(29)10-11-27(29)33;1-5-6(2,3)4/h2-3,5-6,16,21,24-27,31,33H,4,7-15,17H2,1H3;1H,2-4H3. The Morgan fingerprint density at radius 1 is 0.974 bits per heavy atom. The fourth-order valence-electron chi connectivity index (χ4n) is 7.97. The SMILES string of the molecule is C#CC(C)(C)C.CC12CC(c3ccc(N4CCC(O)CC4)cc3)C3=C4CCC(=O)C=C4CCC3C1CCC2O. The Kier molecular flexibility index (Phi) is 7.88. The molecule has 2 N–H and O–H groups in total. The lowest BCUT2D eigenvalue weighted by atomic mass is 9.53. The fourth-order valence-corrected chi connectivity index (χ4v) is 7.97. The van der Waals surface area contributed by atoms with Crippen molar-refractivity contribution in [2.24, 2.45) is 22.7 Å². The maximum Gasteiger partial charge on any atom is 0.156 e. The Hall–Kier alpha value is -2.35. The molecule has 4 aliphatic carbocycles. The number of aliphatic hydroxyl groups excluding tert-OH is 2. The highest BCUT2D eigenvalue weighted by molar-refractivity contribution is 5.93. The number of terminal acetylenes is 1. The van der Waals surface area contributed by atoms with E-state index < -0.39 is 0 Å². The predicted octanol–water partition coefficient (Wildman–Crippen LogP) is 6.57. The van der Waals surface area contributed by atoms with Crippen LogP contribution in [-0.2, 0) is 4.79 Å². The highest BCUT2D eigenvalue weighted by atomic mass is 16.3. The van der Waals surface area contributed by atoms with Crippen molar-refractivity contribution >= 4 is 11.5 Å². The van der Waals surface area contributed by atoms with Gasteiger partial charge in [0.1, 0.15) is 0 Å². The molecule has 1 aliphatic heterocycles. The third-order valence-corrected chi connectivity index (χ3v) is 10.2. The van der Waals surface area contributed by atoms with E-state index in [2.05, 4.69) is 42.0 Å². The van der Waals surface area contributed by atoms with Gasteiger partial charge in [0, 0.05) is 36.5 Å². The van der Waals surface area contributed by atoms with Gasteiger partial charge in [-0.05, 0) is 124 Å². The molecule has 0 aromatic heterocycles. The number of rotatable bonds is 2. The Labute approximate surface area is 235 Å². The van der Waals surface area contributed by atoms with Crippen LogP contribution in [0.25, 0.3) is 0 Å². The molecule has 0 radical (unpaired) electrons. The second-order valence-corrected chi connectivity index (χ2v) is 13.9. The van der Waals surface area contributed by atoms with E-state index >= 15 is 0 Å². The number of carbonyl (C=O) groups is 1. The molecule has 6 rings (SSSR count). The number of aliphatic hydroxyl groups is 2. The minimum atomic E-state index is -0.208. The molecule has 1 heterocycles. The highest BCUT2D eigenvalue weighted by Crippen LogP contribution is 2.63. The lowest BCUT2D eigenvalue weighted by Gasteiger charge is -2.52. The molecular formula is C35H47NO3. The molecule has 4 nitrogen and oxygen atoms in total. The number of ketones is 1. The van der Waals surface area contributed by atoms with E-state index in [-0.39, 0.29) is 28.8 Å². The normalized spacial score (nSPS) is 32.8. The van der Waals surface area contributed by atoms with Crippen LogP contribution in [0.3, 0.4) is 0 Å². The van der Waals surface area contributed by atoms with Crippen molar-refractivity contribution in [3.8, 4) is 12.3 Å². The monoisotopic (exact) mass is 529 g/mol. The van der Waals surface area contributed by atoms with Crippen molar-refractivity contribution in [1.82, 2.24) is 0 Å². The zero-order valence-corrected chi connectivity index (χ0v) is 24.4. The molecule has 0 spiro atoms. The summed E-state index contributed by atoms with van der Waals surface area (Å²) >= 11 is 0. The minimum absolute atomic E-state index is 0.0211. The molecule has 3 fully saturated rings. The Bertz CT molecular complexity index is 1170. The molecule has 210 valence electrons. The van der Waals surface area contributed by atoms with Gasteiger partial charge >= 0.3 is 0 Å². The largest absolute Gasteiger partial charge is 0.393 e. The molecule has 1 aromatic rings. The van der Waals surface area contributed by atoms with Crippen molar-refractivity contribution in [2.75, 3.05) is 18.0 Å². The van der Waals surface area contributed by atoms with Crippen molar-refractivity contribution < 1.29 is 15.0 Å². The number of carbonyl (C=O) groups excluding carboxylic acids is 1. The van der Waals surface area contributed by atoms with Crippen LogP contribution in [0.15, 0.2) is 47.1 Å². The van der Waals surface area contributed by atoms with Crippen LogP contribution in [0.2, 0.25) is 0 Å². The number of nitrogens with zero attached hydrogens (tertiary/aromatic N) is 1. The lowest BCUT2D eigenvalue weighted by Crippen LogP contribution is -2.45. The van der Waals surface area contributed by atoms with Crippen molar-refractivity contribution in [2.45, 2.75) is 104 Å². The van der Waals surface area contributed by atoms with Crippen molar-refractivity contribution in [1.29, 1.82) is 0 Å². The summed E-state index contributed by atoms with van der Waals surface area (Å²) in [5.41, 5.74) is 7.03. The Morgan fingerprint density at radius 3 is 2.28 bits per heavy atom.